The van der Waals surface area contributed by atoms with E-state index in [2.05, 4.69) is 34.3 Å². The van der Waals surface area contributed by atoms with E-state index in [-0.39, 0.29) is 5.91 Å². The van der Waals surface area contributed by atoms with Crippen LogP contribution in [0.15, 0.2) is 4.99 Å². The van der Waals surface area contributed by atoms with Crippen molar-refractivity contribution in [3.63, 3.8) is 0 Å². The largest absolute Gasteiger partial charge is 0.359 e. The molecule has 6 nitrogen and oxygen atoms in total. The minimum Gasteiger partial charge on any atom is -0.359 e. The van der Waals surface area contributed by atoms with E-state index in [9.17, 15) is 4.79 Å². The van der Waals surface area contributed by atoms with Crippen LogP contribution in [-0.2, 0) is 4.79 Å². The van der Waals surface area contributed by atoms with E-state index in [1.807, 2.05) is 0 Å². The second-order valence-electron chi connectivity index (χ2n) is 7.57. The summed E-state index contributed by atoms with van der Waals surface area (Å²) in [7, 11) is 1.72. The summed E-state index contributed by atoms with van der Waals surface area (Å²) in [4.78, 5) is 21.3. The first kappa shape index (κ1) is 20.0. The Kier molecular flexibility index (Phi) is 8.52. The van der Waals surface area contributed by atoms with Crippen molar-refractivity contribution >= 4 is 11.9 Å². The first-order chi connectivity index (χ1) is 12.1. The molecule has 0 atom stereocenters. The van der Waals surface area contributed by atoms with E-state index in [4.69, 9.17) is 4.99 Å². The van der Waals surface area contributed by atoms with Crippen LogP contribution in [0, 0.1) is 11.8 Å². The maximum atomic E-state index is 11.5. The highest BCUT2D eigenvalue weighted by Crippen LogP contribution is 2.20. The fraction of sp³-hybridized carbons (Fsp3) is 0.895. The number of aliphatic imine (C=N–C) groups is 1. The Bertz CT molecular complexity index is 424. The molecule has 2 saturated heterocycles. The molecule has 1 amide bonds. The number of hydrogen-bond donors (Lipinski definition) is 2. The van der Waals surface area contributed by atoms with Crippen LogP contribution in [0.25, 0.3) is 0 Å². The number of nitrogens with one attached hydrogen (secondary N) is 2. The Hall–Kier alpha value is -1.30. The van der Waals surface area contributed by atoms with Gasteiger partial charge in [0.1, 0.15) is 0 Å². The Morgan fingerprint density at radius 1 is 1.12 bits per heavy atom. The summed E-state index contributed by atoms with van der Waals surface area (Å²) < 4.78 is 0. The molecule has 0 aromatic carbocycles. The molecule has 0 bridgehead atoms. The van der Waals surface area contributed by atoms with Crippen LogP contribution in [0.4, 0.5) is 0 Å². The zero-order valence-electron chi connectivity index (χ0n) is 16.4. The molecule has 0 aromatic rings. The maximum absolute atomic E-state index is 11.5. The SMILES string of the molecule is CCNC(=NCCN1CCC(C)CC1)N1CCC(CC(=O)NC)CC1. The van der Waals surface area contributed by atoms with Crippen LogP contribution in [-0.4, -0.2) is 74.5 Å². The Morgan fingerprint density at radius 3 is 2.40 bits per heavy atom. The van der Waals surface area contributed by atoms with Crippen molar-refractivity contribution in [1.82, 2.24) is 20.4 Å². The van der Waals surface area contributed by atoms with Crippen molar-refractivity contribution in [2.24, 2.45) is 16.8 Å². The molecule has 2 heterocycles. The molecule has 0 unspecified atom stereocenters. The van der Waals surface area contributed by atoms with Gasteiger partial charge in [-0.15, -0.1) is 0 Å². The molecule has 0 saturated carbocycles. The van der Waals surface area contributed by atoms with Crippen LogP contribution in [0.2, 0.25) is 0 Å². The molecular weight excluding hydrogens is 314 g/mol. The van der Waals surface area contributed by atoms with Gasteiger partial charge in [-0.2, -0.15) is 0 Å². The lowest BCUT2D eigenvalue weighted by Gasteiger charge is -2.34. The lowest BCUT2D eigenvalue weighted by molar-refractivity contribution is -0.121. The fourth-order valence-corrected chi connectivity index (χ4v) is 3.72. The number of likely N-dealkylation sites (tertiary alicyclic amines) is 2. The van der Waals surface area contributed by atoms with Gasteiger partial charge in [0.05, 0.1) is 6.54 Å². The van der Waals surface area contributed by atoms with E-state index >= 15 is 0 Å². The second-order valence-corrected chi connectivity index (χ2v) is 7.57. The normalized spacial score (nSPS) is 21.4. The summed E-state index contributed by atoms with van der Waals surface area (Å²) in [6.07, 6.45) is 5.44. The van der Waals surface area contributed by atoms with Gasteiger partial charge in [0, 0.05) is 39.6 Å². The molecule has 0 radical (unpaired) electrons. The van der Waals surface area contributed by atoms with E-state index < -0.39 is 0 Å². The van der Waals surface area contributed by atoms with Crippen molar-refractivity contribution in [3.8, 4) is 0 Å². The van der Waals surface area contributed by atoms with Gasteiger partial charge in [-0.25, -0.2) is 0 Å². The third-order valence-electron chi connectivity index (χ3n) is 5.56. The van der Waals surface area contributed by atoms with E-state index in [1.165, 1.54) is 25.9 Å². The number of hydrogen-bond acceptors (Lipinski definition) is 3. The molecule has 25 heavy (non-hydrogen) atoms. The number of piperidine rings is 2. The minimum absolute atomic E-state index is 0.162. The number of carbonyl (C=O) groups is 1. The van der Waals surface area contributed by atoms with Crippen LogP contribution in [0.3, 0.4) is 0 Å². The molecule has 0 aliphatic carbocycles. The molecular formula is C19H37N5O. The molecule has 0 spiro atoms. The highest BCUT2D eigenvalue weighted by atomic mass is 16.1. The molecule has 144 valence electrons. The standard InChI is InChI=1S/C19H37N5O/c1-4-21-19(22-9-14-23-10-5-16(2)6-11-23)24-12-7-17(8-13-24)15-18(25)20-3/h16-17H,4-15H2,1-3H3,(H,20,25)(H,21,22). The summed E-state index contributed by atoms with van der Waals surface area (Å²) in [5, 5.41) is 6.18. The highest BCUT2D eigenvalue weighted by Gasteiger charge is 2.23. The van der Waals surface area contributed by atoms with Gasteiger partial charge >= 0.3 is 0 Å². The van der Waals surface area contributed by atoms with Gasteiger partial charge in [0.15, 0.2) is 5.96 Å². The van der Waals surface area contributed by atoms with Crippen molar-refractivity contribution < 1.29 is 4.79 Å². The van der Waals surface area contributed by atoms with Gasteiger partial charge in [-0.1, -0.05) is 6.92 Å². The molecule has 2 aliphatic heterocycles. The third-order valence-corrected chi connectivity index (χ3v) is 5.56. The van der Waals surface area contributed by atoms with Crippen molar-refractivity contribution in [3.05, 3.63) is 0 Å². The summed E-state index contributed by atoms with van der Waals surface area (Å²) >= 11 is 0. The number of carbonyl (C=O) groups excluding carboxylic acids is 1. The predicted octanol–water partition coefficient (Wildman–Crippen LogP) is 1.53. The zero-order chi connectivity index (χ0) is 18.1. The minimum atomic E-state index is 0.162. The van der Waals surface area contributed by atoms with Crippen LogP contribution >= 0.6 is 0 Å². The number of nitrogens with zero attached hydrogens (tertiary/aromatic N) is 3. The van der Waals surface area contributed by atoms with Gasteiger partial charge in [0.2, 0.25) is 5.91 Å². The smallest absolute Gasteiger partial charge is 0.220 e. The van der Waals surface area contributed by atoms with E-state index in [1.54, 1.807) is 7.05 Å². The van der Waals surface area contributed by atoms with Crippen LogP contribution in [0.5, 0.6) is 0 Å². The molecule has 2 rings (SSSR count). The van der Waals surface area contributed by atoms with Gasteiger partial charge in [-0.05, 0) is 57.5 Å². The molecule has 0 aromatic heterocycles. The lowest BCUT2D eigenvalue weighted by atomic mass is 9.93. The first-order valence-electron chi connectivity index (χ1n) is 10.1. The van der Waals surface area contributed by atoms with Crippen molar-refractivity contribution in [2.75, 3.05) is 52.9 Å². The summed E-state index contributed by atoms with van der Waals surface area (Å²) in [5.74, 6) is 2.60. The van der Waals surface area contributed by atoms with Gasteiger partial charge in [-0.3, -0.25) is 9.79 Å². The monoisotopic (exact) mass is 351 g/mol. The first-order valence-corrected chi connectivity index (χ1v) is 10.1. The Balaban J connectivity index is 1.76. The third kappa shape index (κ3) is 6.84. The van der Waals surface area contributed by atoms with E-state index in [0.717, 1.165) is 57.4 Å². The number of rotatable bonds is 6. The fourth-order valence-electron chi connectivity index (χ4n) is 3.72. The van der Waals surface area contributed by atoms with Crippen molar-refractivity contribution in [1.29, 1.82) is 0 Å². The predicted molar refractivity (Wildman–Crippen MR) is 104 cm³/mol. The summed E-state index contributed by atoms with van der Waals surface area (Å²) in [5.41, 5.74) is 0. The van der Waals surface area contributed by atoms with Crippen LogP contribution < -0.4 is 10.6 Å². The number of guanidine groups is 1. The van der Waals surface area contributed by atoms with Crippen molar-refractivity contribution in [2.45, 2.75) is 46.0 Å². The maximum Gasteiger partial charge on any atom is 0.220 e. The average molecular weight is 352 g/mol. The molecule has 2 fully saturated rings. The lowest BCUT2D eigenvalue weighted by Crippen LogP contribution is -2.46. The summed E-state index contributed by atoms with van der Waals surface area (Å²) in [6.45, 7) is 11.7. The van der Waals surface area contributed by atoms with Gasteiger partial charge < -0.3 is 20.4 Å². The molecule has 2 N–H and O–H groups in total. The quantitative estimate of drug-likeness (QED) is 0.563. The Labute approximate surface area is 153 Å². The molecule has 6 heteroatoms. The molecule has 2 aliphatic rings. The Morgan fingerprint density at radius 2 is 1.80 bits per heavy atom. The number of amides is 1. The zero-order valence-corrected chi connectivity index (χ0v) is 16.4. The van der Waals surface area contributed by atoms with E-state index in [0.29, 0.717) is 12.3 Å². The van der Waals surface area contributed by atoms with Crippen LogP contribution in [0.1, 0.15) is 46.0 Å². The average Bonchev–Trinajstić information content (AvgIpc) is 2.63. The highest BCUT2D eigenvalue weighted by molar-refractivity contribution is 5.80. The summed E-state index contributed by atoms with van der Waals surface area (Å²) in [6, 6.07) is 0. The topological polar surface area (TPSA) is 60.0 Å². The van der Waals surface area contributed by atoms with Gasteiger partial charge in [0.25, 0.3) is 0 Å². The second kappa shape index (κ2) is 10.6.